The smallest absolute Gasteiger partial charge is 0.235 e. The number of nitrogens with zero attached hydrogens (tertiary/aromatic N) is 1. The first kappa shape index (κ1) is 20.9. The van der Waals surface area contributed by atoms with E-state index in [-0.39, 0.29) is 26.1 Å². The van der Waals surface area contributed by atoms with Crippen LogP contribution >= 0.6 is 0 Å². The molecule has 0 bridgehead atoms. The van der Waals surface area contributed by atoms with Crippen molar-refractivity contribution in [3.63, 3.8) is 0 Å². The second-order valence-corrected chi connectivity index (χ2v) is 8.01. The molecule has 0 spiro atoms. The van der Waals surface area contributed by atoms with Crippen molar-refractivity contribution in [1.82, 2.24) is 9.62 Å². The number of sulfonamides is 1. The molecule has 0 heterocycles. The van der Waals surface area contributed by atoms with Crippen molar-refractivity contribution in [3.05, 3.63) is 65.5 Å². The van der Waals surface area contributed by atoms with Crippen LogP contribution in [0.1, 0.15) is 11.1 Å². The van der Waals surface area contributed by atoms with Crippen LogP contribution < -0.4 is 10.1 Å². The summed E-state index contributed by atoms with van der Waals surface area (Å²) in [6, 6.07) is 13.4. The van der Waals surface area contributed by atoms with Gasteiger partial charge in [-0.05, 0) is 24.1 Å². The summed E-state index contributed by atoms with van der Waals surface area (Å²) in [7, 11) is -2.08. The third kappa shape index (κ3) is 6.33. The summed E-state index contributed by atoms with van der Waals surface area (Å²) in [5, 5.41) is 2.69. The minimum atomic E-state index is -3.61. The van der Waals surface area contributed by atoms with Crippen molar-refractivity contribution in [2.45, 2.75) is 13.0 Å². The Balaban J connectivity index is 1.97. The molecule has 0 aliphatic rings. The van der Waals surface area contributed by atoms with Gasteiger partial charge in [0.15, 0.2) is 0 Å². The van der Waals surface area contributed by atoms with Gasteiger partial charge in [0.05, 0.1) is 19.9 Å². The Bertz CT molecular complexity index is 887. The van der Waals surface area contributed by atoms with Crippen LogP contribution in [-0.4, -0.2) is 45.1 Å². The lowest BCUT2D eigenvalue weighted by Crippen LogP contribution is -2.41. The van der Waals surface area contributed by atoms with Crippen molar-refractivity contribution in [2.24, 2.45) is 0 Å². The number of carbonyl (C=O) groups excluding carboxylic acids is 1. The Morgan fingerprint density at radius 2 is 1.74 bits per heavy atom. The van der Waals surface area contributed by atoms with Gasteiger partial charge in [-0.25, -0.2) is 12.8 Å². The summed E-state index contributed by atoms with van der Waals surface area (Å²) in [5.41, 5.74) is 1.19. The molecule has 2 aromatic carbocycles. The first-order valence-electron chi connectivity index (χ1n) is 8.38. The van der Waals surface area contributed by atoms with E-state index in [0.717, 1.165) is 16.1 Å². The van der Waals surface area contributed by atoms with Gasteiger partial charge in [-0.1, -0.05) is 36.4 Å². The predicted octanol–water partition coefficient (Wildman–Crippen LogP) is 1.95. The number of hydrogen-bond donors (Lipinski definition) is 1. The van der Waals surface area contributed by atoms with E-state index in [0.29, 0.717) is 11.3 Å². The molecule has 0 saturated heterocycles. The molecule has 0 radical (unpaired) electrons. The number of ether oxygens (including phenoxy) is 1. The number of methoxy groups -OCH3 is 1. The van der Waals surface area contributed by atoms with Crippen molar-refractivity contribution >= 4 is 15.9 Å². The van der Waals surface area contributed by atoms with E-state index < -0.39 is 21.7 Å². The quantitative estimate of drug-likeness (QED) is 0.705. The Hall–Kier alpha value is -2.45. The van der Waals surface area contributed by atoms with Crippen LogP contribution in [0.5, 0.6) is 5.75 Å². The zero-order chi connectivity index (χ0) is 19.9. The number of halogens is 1. The van der Waals surface area contributed by atoms with Gasteiger partial charge in [0, 0.05) is 18.7 Å². The zero-order valence-corrected chi connectivity index (χ0v) is 16.1. The average molecular weight is 394 g/mol. The van der Waals surface area contributed by atoms with Crippen molar-refractivity contribution in [1.29, 1.82) is 0 Å². The molecule has 0 aromatic heterocycles. The molecule has 0 unspecified atom stereocenters. The maximum Gasteiger partial charge on any atom is 0.235 e. The van der Waals surface area contributed by atoms with E-state index >= 15 is 0 Å². The summed E-state index contributed by atoms with van der Waals surface area (Å²) in [6.07, 6.45) is 1.21. The minimum absolute atomic E-state index is 0.0157. The van der Waals surface area contributed by atoms with Gasteiger partial charge >= 0.3 is 0 Å². The van der Waals surface area contributed by atoms with E-state index in [1.165, 1.54) is 13.2 Å². The highest BCUT2D eigenvalue weighted by Gasteiger charge is 2.20. The van der Waals surface area contributed by atoms with E-state index in [2.05, 4.69) is 5.32 Å². The molecule has 0 fully saturated rings. The molecule has 6 nitrogen and oxygen atoms in total. The minimum Gasteiger partial charge on any atom is -0.496 e. The van der Waals surface area contributed by atoms with Crippen molar-refractivity contribution in [3.8, 4) is 5.75 Å². The first-order valence-corrected chi connectivity index (χ1v) is 10.2. The zero-order valence-electron chi connectivity index (χ0n) is 15.3. The Morgan fingerprint density at radius 3 is 2.37 bits per heavy atom. The van der Waals surface area contributed by atoms with Crippen LogP contribution in [0.25, 0.3) is 0 Å². The van der Waals surface area contributed by atoms with Gasteiger partial charge in [-0.3, -0.25) is 4.79 Å². The molecule has 0 aliphatic carbocycles. The average Bonchev–Trinajstić information content (AvgIpc) is 2.64. The van der Waals surface area contributed by atoms with Gasteiger partial charge in [0.25, 0.3) is 0 Å². The Kier molecular flexibility index (Phi) is 7.32. The number of benzene rings is 2. The molecule has 27 heavy (non-hydrogen) atoms. The molecule has 1 N–H and O–H groups in total. The normalized spacial score (nSPS) is 11.4. The van der Waals surface area contributed by atoms with Crippen molar-refractivity contribution < 1.29 is 22.3 Å². The summed E-state index contributed by atoms with van der Waals surface area (Å²) in [5.74, 6) is -0.205. The second-order valence-electron chi connectivity index (χ2n) is 6.03. The Labute approximate surface area is 159 Å². The fourth-order valence-corrected chi connectivity index (χ4v) is 3.34. The standard InChI is InChI=1S/C19H23FN2O4S/c1-26-18-10-6-4-8-16(18)13-21-19(23)14-22(27(2,24)25)12-11-15-7-3-5-9-17(15)20/h3-10H,11-14H2,1-2H3,(H,21,23). The number of amides is 1. The number of para-hydroxylation sites is 1. The molecular weight excluding hydrogens is 371 g/mol. The number of carbonyl (C=O) groups is 1. The fourth-order valence-electron chi connectivity index (χ4n) is 2.57. The molecular formula is C19H23FN2O4S. The molecule has 0 aliphatic heterocycles. The molecule has 2 rings (SSSR count). The predicted molar refractivity (Wildman–Crippen MR) is 101 cm³/mol. The lowest BCUT2D eigenvalue weighted by Gasteiger charge is -2.20. The summed E-state index contributed by atoms with van der Waals surface area (Å²) >= 11 is 0. The highest BCUT2D eigenvalue weighted by Crippen LogP contribution is 2.16. The Morgan fingerprint density at radius 1 is 1.11 bits per heavy atom. The monoisotopic (exact) mass is 394 g/mol. The highest BCUT2D eigenvalue weighted by atomic mass is 32.2. The van der Waals surface area contributed by atoms with Crippen LogP contribution in [0, 0.1) is 5.82 Å². The van der Waals surface area contributed by atoms with Gasteiger partial charge in [0.1, 0.15) is 11.6 Å². The van der Waals surface area contributed by atoms with E-state index in [1.54, 1.807) is 24.3 Å². The van der Waals surface area contributed by atoms with Crippen LogP contribution in [0.3, 0.4) is 0 Å². The van der Waals surface area contributed by atoms with Crippen LogP contribution in [0.15, 0.2) is 48.5 Å². The van der Waals surface area contributed by atoms with E-state index in [4.69, 9.17) is 4.74 Å². The van der Waals surface area contributed by atoms with Crippen LogP contribution in [-0.2, 0) is 27.8 Å². The third-order valence-corrected chi connectivity index (χ3v) is 5.30. The molecule has 0 atom stereocenters. The van der Waals surface area contributed by atoms with Gasteiger partial charge in [0.2, 0.25) is 15.9 Å². The molecule has 2 aromatic rings. The lowest BCUT2D eigenvalue weighted by molar-refractivity contribution is -0.121. The summed E-state index contributed by atoms with van der Waals surface area (Å²) < 4.78 is 43.9. The third-order valence-electron chi connectivity index (χ3n) is 4.05. The van der Waals surface area contributed by atoms with E-state index in [1.807, 2.05) is 18.2 Å². The lowest BCUT2D eigenvalue weighted by atomic mass is 10.1. The number of rotatable bonds is 9. The first-order chi connectivity index (χ1) is 12.8. The van der Waals surface area contributed by atoms with Gasteiger partial charge in [-0.15, -0.1) is 0 Å². The summed E-state index contributed by atoms with van der Waals surface area (Å²) in [4.78, 5) is 12.2. The second kappa shape index (κ2) is 9.48. The van der Waals surface area contributed by atoms with Gasteiger partial charge in [-0.2, -0.15) is 4.31 Å². The topological polar surface area (TPSA) is 75.7 Å². The van der Waals surface area contributed by atoms with Gasteiger partial charge < -0.3 is 10.1 Å². The fraction of sp³-hybridized carbons (Fsp3) is 0.316. The molecule has 8 heteroatoms. The maximum absolute atomic E-state index is 13.7. The largest absolute Gasteiger partial charge is 0.496 e. The van der Waals surface area contributed by atoms with Crippen molar-refractivity contribution in [2.75, 3.05) is 26.5 Å². The molecule has 0 saturated carbocycles. The summed E-state index contributed by atoms with van der Waals surface area (Å²) in [6.45, 7) is -0.0992. The van der Waals surface area contributed by atoms with E-state index in [9.17, 15) is 17.6 Å². The van der Waals surface area contributed by atoms with Crippen LogP contribution in [0.4, 0.5) is 4.39 Å². The maximum atomic E-state index is 13.7. The highest BCUT2D eigenvalue weighted by molar-refractivity contribution is 7.88. The SMILES string of the molecule is COc1ccccc1CNC(=O)CN(CCc1ccccc1F)S(C)(=O)=O. The molecule has 1 amide bonds. The molecule has 146 valence electrons. The number of nitrogens with one attached hydrogen (secondary N) is 1. The number of hydrogen-bond acceptors (Lipinski definition) is 4. The van der Waals surface area contributed by atoms with Crippen LogP contribution in [0.2, 0.25) is 0 Å².